The van der Waals surface area contributed by atoms with Crippen molar-refractivity contribution in [3.63, 3.8) is 0 Å². The normalized spacial score (nSPS) is 16.2. The van der Waals surface area contributed by atoms with E-state index in [4.69, 9.17) is 9.47 Å². The molecule has 1 aromatic rings. The number of hydrogen-bond donors (Lipinski definition) is 0. The summed E-state index contributed by atoms with van der Waals surface area (Å²) in [7, 11) is 0. The monoisotopic (exact) mass is 365 g/mol. The molecule has 5 heteroatoms. The van der Waals surface area contributed by atoms with Gasteiger partial charge in [-0.3, -0.25) is 4.79 Å². The van der Waals surface area contributed by atoms with E-state index in [1.54, 1.807) is 11.8 Å². The molecule has 2 rings (SSSR count). The van der Waals surface area contributed by atoms with E-state index in [1.165, 1.54) is 12.8 Å². The molecule has 1 aliphatic heterocycles. The Morgan fingerprint density at radius 3 is 2.16 bits per heavy atom. The summed E-state index contributed by atoms with van der Waals surface area (Å²) < 4.78 is 11.3. The van der Waals surface area contributed by atoms with Crippen molar-refractivity contribution in [2.45, 2.75) is 51.2 Å². The number of hydrogen-bond acceptors (Lipinski definition) is 4. The van der Waals surface area contributed by atoms with Crippen LogP contribution in [0.3, 0.4) is 0 Å². The third-order valence-corrected chi connectivity index (χ3v) is 5.39. The van der Waals surface area contributed by atoms with Gasteiger partial charge in [-0.05, 0) is 50.5 Å². The van der Waals surface area contributed by atoms with E-state index in [9.17, 15) is 4.79 Å². The zero-order valence-corrected chi connectivity index (χ0v) is 16.4. The van der Waals surface area contributed by atoms with Gasteiger partial charge in [0.05, 0.1) is 18.5 Å². The molecule has 0 saturated carbocycles. The number of rotatable bonds is 9. The van der Waals surface area contributed by atoms with Crippen LogP contribution in [0.25, 0.3) is 0 Å². The Morgan fingerprint density at radius 1 is 1.04 bits per heavy atom. The predicted octanol–water partition coefficient (Wildman–Crippen LogP) is 4.38. The van der Waals surface area contributed by atoms with Gasteiger partial charge in [-0.1, -0.05) is 19.8 Å². The smallest absolute Gasteiger partial charge is 0.235 e. The van der Waals surface area contributed by atoms with Crippen LogP contribution in [0.5, 0.6) is 11.5 Å². The Labute approximate surface area is 156 Å². The third-order valence-electron chi connectivity index (χ3n) is 4.28. The third kappa shape index (κ3) is 7.18. The molecule has 0 N–H and O–H groups in total. The van der Waals surface area contributed by atoms with Gasteiger partial charge in [-0.2, -0.15) is 0 Å². The molecule has 1 atom stereocenters. The lowest BCUT2D eigenvalue weighted by atomic mass is 10.2. The van der Waals surface area contributed by atoms with E-state index in [0.717, 1.165) is 56.2 Å². The van der Waals surface area contributed by atoms with Crippen LogP contribution in [-0.4, -0.2) is 48.1 Å². The van der Waals surface area contributed by atoms with Gasteiger partial charge in [0.2, 0.25) is 5.91 Å². The molecule has 4 nitrogen and oxygen atoms in total. The zero-order valence-electron chi connectivity index (χ0n) is 15.5. The molecule has 1 saturated heterocycles. The number of nitrogens with zero attached hydrogens (tertiary/aromatic N) is 1. The molecule has 1 amide bonds. The maximum atomic E-state index is 12.5. The average Bonchev–Trinajstić information content (AvgIpc) is 2.93. The fraction of sp³-hybridized carbons (Fsp3) is 0.650. The van der Waals surface area contributed by atoms with Gasteiger partial charge in [-0.15, -0.1) is 11.8 Å². The van der Waals surface area contributed by atoms with Crippen LogP contribution in [0.2, 0.25) is 0 Å². The van der Waals surface area contributed by atoms with E-state index in [0.29, 0.717) is 6.61 Å². The Kier molecular flexibility index (Phi) is 9.02. The van der Waals surface area contributed by atoms with Crippen LogP contribution >= 0.6 is 11.8 Å². The van der Waals surface area contributed by atoms with Gasteiger partial charge in [0.15, 0.2) is 0 Å². The molecule has 1 heterocycles. The highest BCUT2D eigenvalue weighted by Crippen LogP contribution is 2.20. The molecule has 1 fully saturated rings. The Balaban J connectivity index is 1.65. The number of carbonyl (C=O) groups is 1. The van der Waals surface area contributed by atoms with Gasteiger partial charge in [0.1, 0.15) is 11.5 Å². The van der Waals surface area contributed by atoms with Crippen LogP contribution in [-0.2, 0) is 4.79 Å². The van der Waals surface area contributed by atoms with Crippen molar-refractivity contribution in [3.05, 3.63) is 24.3 Å². The largest absolute Gasteiger partial charge is 0.494 e. The number of carbonyl (C=O) groups excluding carboxylic acids is 1. The molecular formula is C20H31NO3S. The molecule has 0 aromatic heterocycles. The van der Waals surface area contributed by atoms with Crippen LogP contribution in [0.4, 0.5) is 0 Å². The minimum Gasteiger partial charge on any atom is -0.494 e. The van der Waals surface area contributed by atoms with Gasteiger partial charge in [0.25, 0.3) is 0 Å². The summed E-state index contributed by atoms with van der Waals surface area (Å²) >= 11 is 1.68. The first kappa shape index (κ1) is 20.0. The lowest BCUT2D eigenvalue weighted by molar-refractivity contribution is -0.130. The van der Waals surface area contributed by atoms with E-state index < -0.39 is 0 Å². The topological polar surface area (TPSA) is 38.8 Å². The van der Waals surface area contributed by atoms with Gasteiger partial charge < -0.3 is 14.4 Å². The quantitative estimate of drug-likeness (QED) is 0.609. The van der Waals surface area contributed by atoms with Crippen molar-refractivity contribution in [1.82, 2.24) is 4.90 Å². The standard InChI is InChI=1S/C20H31NO3S/c1-3-14-23-18-8-10-19(11-9-18)24-15-16-25-17(2)20(22)21-12-6-4-5-7-13-21/h8-11,17H,3-7,12-16H2,1-2H3. The highest BCUT2D eigenvalue weighted by molar-refractivity contribution is 8.00. The van der Waals surface area contributed by atoms with Gasteiger partial charge in [-0.25, -0.2) is 0 Å². The Hall–Kier alpha value is -1.36. The number of thioether (sulfide) groups is 1. The predicted molar refractivity (Wildman–Crippen MR) is 105 cm³/mol. The lowest BCUT2D eigenvalue weighted by Crippen LogP contribution is -2.37. The summed E-state index contributed by atoms with van der Waals surface area (Å²) in [6.07, 6.45) is 5.79. The maximum Gasteiger partial charge on any atom is 0.235 e. The van der Waals surface area contributed by atoms with Crippen LogP contribution < -0.4 is 9.47 Å². The highest BCUT2D eigenvalue weighted by atomic mass is 32.2. The zero-order chi connectivity index (χ0) is 17.9. The first-order valence-corrected chi connectivity index (χ1v) is 10.5. The summed E-state index contributed by atoms with van der Waals surface area (Å²) in [5.41, 5.74) is 0. The molecule has 25 heavy (non-hydrogen) atoms. The molecular weight excluding hydrogens is 334 g/mol. The van der Waals surface area contributed by atoms with Crippen LogP contribution in [0.15, 0.2) is 24.3 Å². The summed E-state index contributed by atoms with van der Waals surface area (Å²) in [6.45, 7) is 7.29. The van der Waals surface area contributed by atoms with E-state index in [1.807, 2.05) is 36.1 Å². The van der Waals surface area contributed by atoms with E-state index in [2.05, 4.69) is 6.92 Å². The minimum absolute atomic E-state index is 0.00604. The van der Waals surface area contributed by atoms with Crippen molar-refractivity contribution < 1.29 is 14.3 Å². The van der Waals surface area contributed by atoms with Crippen molar-refractivity contribution in [3.8, 4) is 11.5 Å². The van der Waals surface area contributed by atoms with Gasteiger partial charge >= 0.3 is 0 Å². The summed E-state index contributed by atoms with van der Waals surface area (Å²) in [4.78, 5) is 14.5. The number of amides is 1. The number of ether oxygens (including phenoxy) is 2. The lowest BCUT2D eigenvalue weighted by Gasteiger charge is -2.23. The first-order valence-electron chi connectivity index (χ1n) is 9.46. The minimum atomic E-state index is 0.00604. The van der Waals surface area contributed by atoms with Crippen molar-refractivity contribution >= 4 is 17.7 Å². The second-order valence-electron chi connectivity index (χ2n) is 6.42. The van der Waals surface area contributed by atoms with Crippen molar-refractivity contribution in [2.24, 2.45) is 0 Å². The van der Waals surface area contributed by atoms with Gasteiger partial charge in [0, 0.05) is 18.8 Å². The number of likely N-dealkylation sites (tertiary alicyclic amines) is 1. The average molecular weight is 366 g/mol. The molecule has 0 bridgehead atoms. The summed E-state index contributed by atoms with van der Waals surface area (Å²) in [6, 6.07) is 7.73. The SMILES string of the molecule is CCCOc1ccc(OCCSC(C)C(=O)N2CCCCCC2)cc1. The van der Waals surface area contributed by atoms with Crippen LogP contribution in [0, 0.1) is 0 Å². The summed E-state index contributed by atoms with van der Waals surface area (Å²) in [5.74, 6) is 2.81. The molecule has 0 spiro atoms. The molecule has 1 unspecified atom stereocenters. The van der Waals surface area contributed by atoms with Crippen molar-refractivity contribution in [2.75, 3.05) is 32.1 Å². The second-order valence-corrected chi connectivity index (χ2v) is 7.87. The summed E-state index contributed by atoms with van der Waals surface area (Å²) in [5, 5.41) is 0.00604. The maximum absolute atomic E-state index is 12.5. The fourth-order valence-electron chi connectivity index (χ4n) is 2.86. The first-order chi connectivity index (χ1) is 12.2. The number of benzene rings is 1. The molecule has 1 aromatic carbocycles. The fourth-order valence-corrected chi connectivity index (χ4v) is 3.68. The second kappa shape index (κ2) is 11.3. The molecule has 1 aliphatic rings. The Morgan fingerprint density at radius 2 is 1.60 bits per heavy atom. The molecule has 0 radical (unpaired) electrons. The molecule has 0 aliphatic carbocycles. The molecule has 140 valence electrons. The van der Waals surface area contributed by atoms with E-state index >= 15 is 0 Å². The van der Waals surface area contributed by atoms with Crippen LogP contribution in [0.1, 0.15) is 46.0 Å². The Bertz CT molecular complexity index is 498. The van der Waals surface area contributed by atoms with E-state index in [-0.39, 0.29) is 11.2 Å². The van der Waals surface area contributed by atoms with Crippen molar-refractivity contribution in [1.29, 1.82) is 0 Å². The highest BCUT2D eigenvalue weighted by Gasteiger charge is 2.21.